The highest BCUT2D eigenvalue weighted by Gasteiger charge is 2.28. The van der Waals surface area contributed by atoms with Crippen LogP contribution in [0.5, 0.6) is 0 Å². The number of hydrogen-bond acceptors (Lipinski definition) is 3. The second-order valence-electron chi connectivity index (χ2n) is 4.40. The third-order valence-corrected chi connectivity index (χ3v) is 5.01. The molecule has 0 bridgehead atoms. The first-order valence-electron chi connectivity index (χ1n) is 6.00. The van der Waals surface area contributed by atoms with Crippen molar-refractivity contribution in [2.24, 2.45) is 5.92 Å². The Morgan fingerprint density at radius 1 is 1.65 bits per heavy atom. The maximum Gasteiger partial charge on any atom is 0.222 e. The molecule has 1 aromatic heterocycles. The van der Waals surface area contributed by atoms with Crippen molar-refractivity contribution in [3.63, 3.8) is 0 Å². The number of nitrogens with zero attached hydrogens (tertiary/aromatic N) is 2. The molecule has 0 N–H and O–H groups in total. The molecule has 0 aliphatic carbocycles. The van der Waals surface area contributed by atoms with Crippen LogP contribution in [0.15, 0.2) is 5.38 Å². The summed E-state index contributed by atoms with van der Waals surface area (Å²) in [5, 5.41) is 4.22. The number of halogens is 1. The monoisotopic (exact) mass is 316 g/mol. The highest BCUT2D eigenvalue weighted by Crippen LogP contribution is 2.20. The van der Waals surface area contributed by atoms with E-state index in [4.69, 9.17) is 0 Å². The molecule has 2 rings (SSSR count). The van der Waals surface area contributed by atoms with Gasteiger partial charge in [0.15, 0.2) is 0 Å². The van der Waals surface area contributed by atoms with Crippen LogP contribution in [0.2, 0.25) is 0 Å². The lowest BCUT2D eigenvalue weighted by atomic mass is 10.2. The summed E-state index contributed by atoms with van der Waals surface area (Å²) in [7, 11) is 0. The molecule has 1 unspecified atom stereocenters. The van der Waals surface area contributed by atoms with E-state index < -0.39 is 0 Å². The zero-order chi connectivity index (χ0) is 12.3. The normalized spacial score (nSPS) is 20.2. The molecule has 1 fully saturated rings. The van der Waals surface area contributed by atoms with Crippen LogP contribution in [0.1, 0.15) is 24.0 Å². The zero-order valence-corrected chi connectivity index (χ0v) is 12.4. The summed E-state index contributed by atoms with van der Waals surface area (Å²) >= 11 is 5.17. The van der Waals surface area contributed by atoms with Crippen LogP contribution in [0.4, 0.5) is 0 Å². The summed E-state index contributed by atoms with van der Waals surface area (Å²) in [6, 6.07) is 0. The molecule has 2 heterocycles. The number of aryl methyl sites for hydroxylation is 1. The average Bonchev–Trinajstić information content (AvgIpc) is 2.93. The zero-order valence-electron chi connectivity index (χ0n) is 9.99. The molecule has 1 aliphatic rings. The van der Waals surface area contributed by atoms with Crippen molar-refractivity contribution in [1.82, 2.24) is 9.88 Å². The van der Waals surface area contributed by atoms with Crippen LogP contribution in [0.3, 0.4) is 0 Å². The summed E-state index contributed by atoms with van der Waals surface area (Å²) in [4.78, 5) is 18.2. The number of amides is 1. The van der Waals surface area contributed by atoms with Gasteiger partial charge in [0.25, 0.3) is 0 Å². The molecule has 0 radical (unpaired) electrons. The molecular formula is C12H17BrN2OS. The molecule has 1 aromatic rings. The van der Waals surface area contributed by atoms with Crippen molar-refractivity contribution < 1.29 is 4.79 Å². The minimum absolute atomic E-state index is 0.292. The lowest BCUT2D eigenvalue weighted by molar-refractivity contribution is -0.127. The Labute approximate surface area is 114 Å². The second-order valence-corrected chi connectivity index (χ2v) is 5.99. The van der Waals surface area contributed by atoms with Crippen molar-refractivity contribution in [3.8, 4) is 0 Å². The van der Waals surface area contributed by atoms with Crippen molar-refractivity contribution in [2.45, 2.75) is 26.2 Å². The number of rotatable bonds is 5. The Kier molecular flexibility index (Phi) is 4.56. The van der Waals surface area contributed by atoms with Crippen molar-refractivity contribution in [3.05, 3.63) is 16.1 Å². The van der Waals surface area contributed by atoms with Gasteiger partial charge in [-0.3, -0.25) is 4.79 Å². The maximum absolute atomic E-state index is 11.7. The van der Waals surface area contributed by atoms with Crippen LogP contribution in [-0.2, 0) is 17.6 Å². The number of aromatic nitrogens is 1. The van der Waals surface area contributed by atoms with Gasteiger partial charge in [-0.15, -0.1) is 11.3 Å². The molecule has 0 saturated carbocycles. The van der Waals surface area contributed by atoms with Gasteiger partial charge in [0.2, 0.25) is 5.91 Å². The Balaban J connectivity index is 1.84. The molecule has 3 nitrogen and oxygen atoms in total. The number of carbonyl (C=O) groups excluding carboxylic acids is 1. The lowest BCUT2D eigenvalue weighted by Crippen LogP contribution is -2.27. The van der Waals surface area contributed by atoms with E-state index in [9.17, 15) is 4.79 Å². The van der Waals surface area contributed by atoms with Gasteiger partial charge in [-0.25, -0.2) is 4.98 Å². The Hall–Kier alpha value is -0.420. The second kappa shape index (κ2) is 5.96. The summed E-state index contributed by atoms with van der Waals surface area (Å²) in [6.07, 6.45) is 2.58. The summed E-state index contributed by atoms with van der Waals surface area (Å²) < 4.78 is 0. The molecule has 17 heavy (non-hydrogen) atoms. The SMILES string of the molecule is CCc1nc(CCN2CC(CBr)CC2=O)cs1. The summed E-state index contributed by atoms with van der Waals surface area (Å²) in [6.45, 7) is 3.83. The molecule has 94 valence electrons. The number of carbonyl (C=O) groups is 1. The quantitative estimate of drug-likeness (QED) is 0.782. The third kappa shape index (κ3) is 3.28. The maximum atomic E-state index is 11.7. The van der Waals surface area contributed by atoms with Gasteiger partial charge in [-0.05, 0) is 12.3 Å². The van der Waals surface area contributed by atoms with Gasteiger partial charge in [0, 0.05) is 36.6 Å². The first kappa shape index (κ1) is 13.0. The highest BCUT2D eigenvalue weighted by molar-refractivity contribution is 9.09. The van der Waals surface area contributed by atoms with E-state index >= 15 is 0 Å². The standard InChI is InChI=1S/C12H17BrN2OS/c1-2-11-14-10(8-17-11)3-4-15-7-9(6-13)5-12(15)16/h8-9H,2-7H2,1H3. The first-order valence-corrected chi connectivity index (χ1v) is 8.00. The summed E-state index contributed by atoms with van der Waals surface area (Å²) in [5.74, 6) is 0.782. The van der Waals surface area contributed by atoms with E-state index in [1.807, 2.05) is 4.90 Å². The Bertz CT molecular complexity index is 394. The van der Waals surface area contributed by atoms with Gasteiger partial charge >= 0.3 is 0 Å². The number of likely N-dealkylation sites (tertiary alicyclic amines) is 1. The lowest BCUT2D eigenvalue weighted by Gasteiger charge is -2.15. The predicted molar refractivity (Wildman–Crippen MR) is 73.7 cm³/mol. The molecule has 1 amide bonds. The van der Waals surface area contributed by atoms with Crippen LogP contribution >= 0.6 is 27.3 Å². The molecule has 0 aromatic carbocycles. The number of thiazole rings is 1. The van der Waals surface area contributed by atoms with E-state index in [0.29, 0.717) is 18.2 Å². The van der Waals surface area contributed by atoms with Crippen LogP contribution < -0.4 is 0 Å². The predicted octanol–water partition coefficient (Wildman–Crippen LogP) is 2.49. The van der Waals surface area contributed by atoms with Gasteiger partial charge in [-0.2, -0.15) is 0 Å². The Morgan fingerprint density at radius 3 is 3.06 bits per heavy atom. The molecule has 1 atom stereocenters. The largest absolute Gasteiger partial charge is 0.342 e. The third-order valence-electron chi connectivity index (χ3n) is 3.05. The van der Waals surface area contributed by atoms with E-state index in [1.165, 1.54) is 5.01 Å². The molecule has 0 spiro atoms. The van der Waals surface area contributed by atoms with Gasteiger partial charge in [-0.1, -0.05) is 22.9 Å². The van der Waals surface area contributed by atoms with Crippen molar-refractivity contribution >= 4 is 33.2 Å². The van der Waals surface area contributed by atoms with Crippen molar-refractivity contribution in [2.75, 3.05) is 18.4 Å². The average molecular weight is 317 g/mol. The molecule has 5 heteroatoms. The smallest absolute Gasteiger partial charge is 0.222 e. The fraction of sp³-hybridized carbons (Fsp3) is 0.667. The Morgan fingerprint density at radius 2 is 2.47 bits per heavy atom. The van der Waals surface area contributed by atoms with Gasteiger partial charge in [0.1, 0.15) is 0 Å². The van der Waals surface area contributed by atoms with Crippen LogP contribution in [0.25, 0.3) is 0 Å². The fourth-order valence-corrected chi connectivity index (χ4v) is 3.26. The molecular weight excluding hydrogens is 300 g/mol. The van der Waals surface area contributed by atoms with Crippen LogP contribution in [-0.4, -0.2) is 34.2 Å². The van der Waals surface area contributed by atoms with E-state index in [0.717, 1.165) is 37.0 Å². The van der Waals surface area contributed by atoms with E-state index in [2.05, 4.69) is 33.2 Å². The van der Waals surface area contributed by atoms with Gasteiger partial charge < -0.3 is 4.90 Å². The molecule has 1 saturated heterocycles. The minimum Gasteiger partial charge on any atom is -0.342 e. The van der Waals surface area contributed by atoms with E-state index in [1.54, 1.807) is 11.3 Å². The number of hydrogen-bond donors (Lipinski definition) is 0. The van der Waals surface area contributed by atoms with Crippen LogP contribution in [0, 0.1) is 5.92 Å². The van der Waals surface area contributed by atoms with Crippen molar-refractivity contribution in [1.29, 1.82) is 0 Å². The first-order chi connectivity index (χ1) is 8.22. The minimum atomic E-state index is 0.292. The topological polar surface area (TPSA) is 33.2 Å². The fourth-order valence-electron chi connectivity index (χ4n) is 2.05. The van der Waals surface area contributed by atoms with E-state index in [-0.39, 0.29) is 0 Å². The van der Waals surface area contributed by atoms with Gasteiger partial charge in [0.05, 0.1) is 10.7 Å². The number of alkyl halides is 1. The summed E-state index contributed by atoms with van der Waals surface area (Å²) in [5.41, 5.74) is 1.13. The highest BCUT2D eigenvalue weighted by atomic mass is 79.9. The molecule has 1 aliphatic heterocycles.